The Labute approximate surface area is 73.0 Å². The Morgan fingerprint density at radius 3 is 2.33 bits per heavy atom. The fraction of sp³-hybridized carbons (Fsp3) is 0.286. The molecule has 1 nitrogen and oxygen atoms in total. The topological polar surface area (TPSA) is 12.9 Å². The summed E-state index contributed by atoms with van der Waals surface area (Å²) in [5.41, 5.74) is -0.257. The number of hydrogen-bond donors (Lipinski definition) is 0. The molecule has 0 saturated heterocycles. The summed E-state index contributed by atoms with van der Waals surface area (Å²) in [7, 11) is 0. The van der Waals surface area contributed by atoms with Crippen molar-refractivity contribution >= 4 is 12.6 Å². The van der Waals surface area contributed by atoms with Crippen LogP contribution in [0.15, 0.2) is 18.3 Å². The summed E-state index contributed by atoms with van der Waals surface area (Å²) >= 11 is 4.63. The first kappa shape index (κ1) is 9.38. The van der Waals surface area contributed by atoms with E-state index in [-0.39, 0.29) is 5.75 Å². The van der Waals surface area contributed by atoms with Crippen molar-refractivity contribution in [2.24, 2.45) is 0 Å². The van der Waals surface area contributed by atoms with Crippen molar-refractivity contribution in [3.05, 3.63) is 29.6 Å². The van der Waals surface area contributed by atoms with Gasteiger partial charge in [0, 0.05) is 11.9 Å². The molecule has 0 amide bonds. The molecule has 0 aliphatic heterocycles. The number of halogens is 3. The van der Waals surface area contributed by atoms with Gasteiger partial charge in [0.25, 0.3) is 0 Å². The van der Waals surface area contributed by atoms with Gasteiger partial charge in [-0.1, -0.05) is 18.7 Å². The van der Waals surface area contributed by atoms with E-state index in [0.717, 1.165) is 12.3 Å². The van der Waals surface area contributed by atoms with Crippen molar-refractivity contribution in [2.75, 3.05) is 0 Å². The normalized spacial score (nSPS) is 11.7. The minimum absolute atomic E-state index is 0.283. The minimum atomic E-state index is -4.36. The van der Waals surface area contributed by atoms with Crippen LogP contribution in [-0.2, 0) is 11.9 Å². The quantitative estimate of drug-likeness (QED) is 0.666. The molecule has 1 aromatic heterocycles. The summed E-state index contributed by atoms with van der Waals surface area (Å²) in [5.74, 6) is 0.283. The second-order valence-electron chi connectivity index (χ2n) is 2.19. The van der Waals surface area contributed by atoms with E-state index in [0.29, 0.717) is 5.56 Å². The molecule has 0 aliphatic rings. The highest BCUT2D eigenvalue weighted by Gasteiger charge is 2.31. The van der Waals surface area contributed by atoms with Crippen LogP contribution in [0.3, 0.4) is 0 Å². The van der Waals surface area contributed by atoms with Crippen molar-refractivity contribution in [3.63, 3.8) is 0 Å². The van der Waals surface area contributed by atoms with Crippen LogP contribution in [0.5, 0.6) is 0 Å². The number of nitrogens with zero attached hydrogens (tertiary/aromatic N) is 1. The van der Waals surface area contributed by atoms with Crippen molar-refractivity contribution in [1.29, 1.82) is 0 Å². The van der Waals surface area contributed by atoms with Crippen LogP contribution in [0, 0.1) is 0 Å². The third-order valence-corrected chi connectivity index (χ3v) is 1.62. The summed E-state index contributed by atoms with van der Waals surface area (Å²) in [5, 5.41) is 0. The Morgan fingerprint density at radius 1 is 1.33 bits per heavy atom. The van der Waals surface area contributed by atoms with E-state index in [1.807, 2.05) is 0 Å². The van der Waals surface area contributed by atoms with Crippen LogP contribution in [0.1, 0.15) is 11.3 Å². The molecule has 0 bridgehead atoms. The van der Waals surface area contributed by atoms with E-state index >= 15 is 0 Å². The van der Waals surface area contributed by atoms with Gasteiger partial charge in [-0.3, -0.25) is 4.98 Å². The van der Waals surface area contributed by atoms with Crippen molar-refractivity contribution in [1.82, 2.24) is 4.98 Å². The predicted octanol–water partition coefficient (Wildman–Crippen LogP) is 2.80. The molecule has 0 saturated carbocycles. The number of pyridine rings is 1. The molecule has 1 rings (SSSR count). The molecule has 1 heterocycles. The maximum Gasteiger partial charge on any atom is 0.433 e. The van der Waals surface area contributed by atoms with Crippen molar-refractivity contribution in [3.8, 4) is 0 Å². The van der Waals surface area contributed by atoms with Gasteiger partial charge < -0.3 is 0 Å². The SMILES string of the molecule is FC(F)(F)c1ccc(C[S])cn1. The molecule has 5 heteroatoms. The molecule has 0 spiro atoms. The lowest BCUT2D eigenvalue weighted by Crippen LogP contribution is -2.07. The summed E-state index contributed by atoms with van der Waals surface area (Å²) < 4.78 is 35.8. The van der Waals surface area contributed by atoms with Gasteiger partial charge >= 0.3 is 6.18 Å². The van der Waals surface area contributed by atoms with Crippen LogP contribution < -0.4 is 0 Å². The Morgan fingerprint density at radius 2 is 2.00 bits per heavy atom. The highest BCUT2D eigenvalue weighted by Crippen LogP contribution is 2.27. The summed E-state index contributed by atoms with van der Waals surface area (Å²) in [6, 6.07) is 2.27. The molecule has 0 aromatic carbocycles. The second kappa shape index (κ2) is 3.35. The van der Waals surface area contributed by atoms with Crippen molar-refractivity contribution < 1.29 is 13.2 Å². The summed E-state index contributed by atoms with van der Waals surface area (Å²) in [4.78, 5) is 3.23. The molecule has 0 N–H and O–H groups in total. The average Bonchev–Trinajstić information content (AvgIpc) is 2.03. The van der Waals surface area contributed by atoms with E-state index in [9.17, 15) is 13.2 Å². The maximum absolute atomic E-state index is 11.9. The smallest absolute Gasteiger partial charge is 0.251 e. The fourth-order valence-electron chi connectivity index (χ4n) is 0.678. The number of hydrogen-bond acceptors (Lipinski definition) is 1. The lowest BCUT2D eigenvalue weighted by molar-refractivity contribution is -0.141. The molecule has 1 aromatic rings. The van der Waals surface area contributed by atoms with E-state index in [1.54, 1.807) is 0 Å². The fourth-order valence-corrected chi connectivity index (χ4v) is 0.848. The Hall–Kier alpha value is -0.710. The van der Waals surface area contributed by atoms with Crippen LogP contribution in [0.25, 0.3) is 0 Å². The van der Waals surface area contributed by atoms with Gasteiger partial charge in [-0.15, -0.1) is 0 Å². The molecular weight excluding hydrogens is 187 g/mol. The van der Waals surface area contributed by atoms with E-state index in [2.05, 4.69) is 17.6 Å². The lowest BCUT2D eigenvalue weighted by atomic mass is 10.3. The molecule has 65 valence electrons. The highest BCUT2D eigenvalue weighted by atomic mass is 32.1. The lowest BCUT2D eigenvalue weighted by Gasteiger charge is -2.04. The van der Waals surface area contributed by atoms with Gasteiger partial charge in [-0.05, 0) is 11.6 Å². The summed E-state index contributed by atoms with van der Waals surface area (Å²) in [6.07, 6.45) is -3.21. The van der Waals surface area contributed by atoms with Crippen LogP contribution in [0.2, 0.25) is 0 Å². The number of alkyl halides is 3. The second-order valence-corrected chi connectivity index (χ2v) is 2.48. The van der Waals surface area contributed by atoms with Gasteiger partial charge in [0.2, 0.25) is 0 Å². The zero-order valence-corrected chi connectivity index (χ0v) is 6.75. The highest BCUT2D eigenvalue weighted by molar-refractivity contribution is 7.79. The third-order valence-electron chi connectivity index (χ3n) is 1.28. The van der Waals surface area contributed by atoms with Crippen LogP contribution in [-0.4, -0.2) is 4.98 Å². The zero-order chi connectivity index (χ0) is 9.19. The monoisotopic (exact) mass is 192 g/mol. The van der Waals surface area contributed by atoms with Gasteiger partial charge in [0.05, 0.1) is 0 Å². The minimum Gasteiger partial charge on any atom is -0.251 e. The molecule has 0 unspecified atom stereocenters. The zero-order valence-electron chi connectivity index (χ0n) is 5.93. The standard InChI is InChI=1S/C7H5F3NS/c8-7(9,10)6-2-1-5(4-12)3-11-6/h1-3H,4H2. The molecule has 0 fully saturated rings. The van der Waals surface area contributed by atoms with Crippen molar-refractivity contribution in [2.45, 2.75) is 11.9 Å². The Kier molecular flexibility index (Phi) is 2.62. The molecule has 0 atom stereocenters. The molecule has 1 radical (unpaired) electrons. The van der Waals surface area contributed by atoms with Gasteiger partial charge in [0.1, 0.15) is 5.69 Å². The number of rotatable bonds is 1. The van der Waals surface area contributed by atoms with E-state index in [4.69, 9.17) is 0 Å². The first-order valence-electron chi connectivity index (χ1n) is 3.14. The van der Waals surface area contributed by atoms with Gasteiger partial charge in [0.15, 0.2) is 0 Å². The maximum atomic E-state index is 11.9. The predicted molar refractivity (Wildman–Crippen MR) is 40.5 cm³/mol. The average molecular weight is 192 g/mol. The van der Waals surface area contributed by atoms with E-state index < -0.39 is 11.9 Å². The van der Waals surface area contributed by atoms with E-state index in [1.165, 1.54) is 6.07 Å². The Bertz CT molecular complexity index is 254. The molecule has 0 aliphatic carbocycles. The van der Waals surface area contributed by atoms with Gasteiger partial charge in [-0.25, -0.2) is 0 Å². The third kappa shape index (κ3) is 2.14. The van der Waals surface area contributed by atoms with Crippen LogP contribution >= 0.6 is 12.6 Å². The molecule has 12 heavy (non-hydrogen) atoms. The van der Waals surface area contributed by atoms with Crippen LogP contribution in [0.4, 0.5) is 13.2 Å². The Balaban J connectivity index is 2.93. The van der Waals surface area contributed by atoms with Gasteiger partial charge in [-0.2, -0.15) is 13.2 Å². The first-order valence-corrected chi connectivity index (χ1v) is 3.72. The number of aromatic nitrogens is 1. The summed E-state index contributed by atoms with van der Waals surface area (Å²) in [6.45, 7) is 0. The first-order chi connectivity index (χ1) is 5.54. The largest absolute Gasteiger partial charge is 0.433 e. The molecular formula is C7H5F3NS.